The molecule has 0 amide bonds. The molecule has 0 bridgehead atoms. The van der Waals surface area contributed by atoms with Crippen LogP contribution < -0.4 is 0 Å². The zero-order valence-electron chi connectivity index (χ0n) is 13.4. The summed E-state index contributed by atoms with van der Waals surface area (Å²) in [6.45, 7) is 3.26. The lowest BCUT2D eigenvalue weighted by atomic mass is 9.82. The first kappa shape index (κ1) is 16.2. The molecule has 0 saturated heterocycles. The summed E-state index contributed by atoms with van der Waals surface area (Å²) in [5.41, 5.74) is 1.82. The first-order valence-electron chi connectivity index (χ1n) is 7.76. The smallest absolute Gasteiger partial charge is 0.308 e. The van der Waals surface area contributed by atoms with Crippen LogP contribution in [0.15, 0.2) is 54.0 Å². The molecule has 1 aromatic carbocycles. The number of allylic oxidation sites excluding steroid dienone is 2. The second-order valence-electron chi connectivity index (χ2n) is 5.70. The molecule has 0 spiro atoms. The minimum Gasteiger partial charge on any atom is -0.492 e. The van der Waals surface area contributed by atoms with Gasteiger partial charge in [-0.3, -0.25) is 9.59 Å². The number of carbonyl (C=O) groups excluding carboxylic acids is 2. The molecular formula is C19H17FO4. The van der Waals surface area contributed by atoms with Crippen LogP contribution in [0, 0.1) is 11.7 Å². The Hall–Kier alpha value is -2.69. The van der Waals surface area contributed by atoms with Crippen molar-refractivity contribution in [1.29, 1.82) is 0 Å². The number of halogens is 1. The number of Topliss-reactive ketones (excluding diaryl/α,β-unsaturated/α-hetero) is 1. The average Bonchev–Trinajstić information content (AvgIpc) is 2.55. The standard InChI is InChI=1S/C19H17FO4/c1-3-12-8-15-18(9-17(12)24-11(2)21)23-10-16(19(15)22)13-4-6-14(20)7-5-13/h4-10,15,18H,3H2,1-2H3. The maximum atomic E-state index is 13.1. The summed E-state index contributed by atoms with van der Waals surface area (Å²) >= 11 is 0. The van der Waals surface area contributed by atoms with E-state index in [4.69, 9.17) is 9.47 Å². The lowest BCUT2D eigenvalue weighted by Crippen LogP contribution is -2.34. The molecule has 5 heteroatoms. The second-order valence-corrected chi connectivity index (χ2v) is 5.70. The van der Waals surface area contributed by atoms with Gasteiger partial charge in [0.2, 0.25) is 0 Å². The van der Waals surface area contributed by atoms with Crippen molar-refractivity contribution in [2.45, 2.75) is 26.4 Å². The maximum Gasteiger partial charge on any atom is 0.308 e. The number of benzene rings is 1. The van der Waals surface area contributed by atoms with Gasteiger partial charge in [-0.25, -0.2) is 4.39 Å². The molecule has 0 aromatic heterocycles. The highest BCUT2D eigenvalue weighted by atomic mass is 19.1. The van der Waals surface area contributed by atoms with Gasteiger partial charge < -0.3 is 9.47 Å². The van der Waals surface area contributed by atoms with Gasteiger partial charge in [-0.05, 0) is 29.7 Å². The third-order valence-corrected chi connectivity index (χ3v) is 4.07. The van der Waals surface area contributed by atoms with E-state index in [-0.39, 0.29) is 11.6 Å². The van der Waals surface area contributed by atoms with E-state index in [0.29, 0.717) is 23.3 Å². The number of hydrogen-bond acceptors (Lipinski definition) is 4. The molecule has 0 N–H and O–H groups in total. The molecular weight excluding hydrogens is 311 g/mol. The number of hydrogen-bond donors (Lipinski definition) is 0. The Morgan fingerprint density at radius 2 is 1.96 bits per heavy atom. The Labute approximate surface area is 139 Å². The van der Waals surface area contributed by atoms with Crippen molar-refractivity contribution < 1.29 is 23.5 Å². The molecule has 0 fully saturated rings. The normalized spacial score (nSPS) is 22.6. The van der Waals surface area contributed by atoms with Crippen LogP contribution in [0.3, 0.4) is 0 Å². The summed E-state index contributed by atoms with van der Waals surface area (Å²) in [5, 5.41) is 0. The Bertz CT molecular complexity index is 771. The number of carbonyl (C=O) groups is 2. The van der Waals surface area contributed by atoms with E-state index in [1.54, 1.807) is 24.3 Å². The highest BCUT2D eigenvalue weighted by molar-refractivity contribution is 6.23. The van der Waals surface area contributed by atoms with Crippen molar-refractivity contribution in [1.82, 2.24) is 0 Å². The number of rotatable bonds is 3. The van der Waals surface area contributed by atoms with Crippen molar-refractivity contribution in [3.05, 3.63) is 65.4 Å². The molecule has 2 unspecified atom stereocenters. The summed E-state index contributed by atoms with van der Waals surface area (Å²) in [4.78, 5) is 24.0. The topological polar surface area (TPSA) is 52.6 Å². The van der Waals surface area contributed by atoms with Gasteiger partial charge in [0.15, 0.2) is 5.78 Å². The fourth-order valence-electron chi connectivity index (χ4n) is 2.87. The zero-order chi connectivity index (χ0) is 17.3. The number of ketones is 1. The molecule has 2 aliphatic rings. The molecule has 124 valence electrons. The molecule has 3 rings (SSSR count). The Balaban J connectivity index is 1.93. The fraction of sp³-hybridized carbons (Fsp3) is 0.263. The second kappa shape index (κ2) is 6.43. The van der Waals surface area contributed by atoms with Crippen LogP contribution in [0.25, 0.3) is 5.57 Å². The fourth-order valence-corrected chi connectivity index (χ4v) is 2.87. The third kappa shape index (κ3) is 3.02. The van der Waals surface area contributed by atoms with Gasteiger partial charge in [0.05, 0.1) is 17.8 Å². The summed E-state index contributed by atoms with van der Waals surface area (Å²) in [5.74, 6) is -0.908. The first-order valence-corrected chi connectivity index (χ1v) is 7.76. The van der Waals surface area contributed by atoms with Crippen molar-refractivity contribution in [2.75, 3.05) is 0 Å². The highest BCUT2D eigenvalue weighted by Gasteiger charge is 2.37. The predicted molar refractivity (Wildman–Crippen MR) is 86.0 cm³/mol. The van der Waals surface area contributed by atoms with Crippen LogP contribution in [-0.2, 0) is 19.1 Å². The lowest BCUT2D eigenvalue weighted by molar-refractivity contribution is -0.136. The van der Waals surface area contributed by atoms with E-state index in [1.807, 2.05) is 6.92 Å². The van der Waals surface area contributed by atoms with Crippen LogP contribution in [0.1, 0.15) is 25.8 Å². The van der Waals surface area contributed by atoms with Gasteiger partial charge in [0, 0.05) is 13.0 Å². The van der Waals surface area contributed by atoms with Gasteiger partial charge >= 0.3 is 5.97 Å². The summed E-state index contributed by atoms with van der Waals surface area (Å²) in [6, 6.07) is 5.72. The first-order chi connectivity index (χ1) is 11.5. The van der Waals surface area contributed by atoms with Crippen molar-refractivity contribution >= 4 is 17.3 Å². The monoisotopic (exact) mass is 328 g/mol. The molecule has 4 nitrogen and oxygen atoms in total. The molecule has 2 atom stereocenters. The molecule has 1 aliphatic carbocycles. The largest absolute Gasteiger partial charge is 0.492 e. The zero-order valence-corrected chi connectivity index (χ0v) is 13.4. The van der Waals surface area contributed by atoms with E-state index in [2.05, 4.69) is 0 Å². The van der Waals surface area contributed by atoms with E-state index in [1.165, 1.54) is 25.3 Å². The van der Waals surface area contributed by atoms with Crippen LogP contribution >= 0.6 is 0 Å². The average molecular weight is 328 g/mol. The van der Waals surface area contributed by atoms with Crippen LogP contribution in [0.4, 0.5) is 4.39 Å². The van der Waals surface area contributed by atoms with Crippen LogP contribution in [0.5, 0.6) is 0 Å². The van der Waals surface area contributed by atoms with E-state index >= 15 is 0 Å². The number of esters is 1. The van der Waals surface area contributed by atoms with Crippen LogP contribution in [-0.4, -0.2) is 17.9 Å². The van der Waals surface area contributed by atoms with Crippen molar-refractivity contribution in [3.8, 4) is 0 Å². The van der Waals surface area contributed by atoms with E-state index < -0.39 is 18.0 Å². The number of ether oxygens (including phenoxy) is 2. The summed E-state index contributed by atoms with van der Waals surface area (Å²) < 4.78 is 23.9. The Morgan fingerprint density at radius 3 is 2.58 bits per heavy atom. The molecule has 1 aromatic rings. The summed E-state index contributed by atoms with van der Waals surface area (Å²) in [6.07, 6.45) is 4.98. The van der Waals surface area contributed by atoms with E-state index in [0.717, 1.165) is 5.57 Å². The molecule has 24 heavy (non-hydrogen) atoms. The quantitative estimate of drug-likeness (QED) is 0.796. The lowest BCUT2D eigenvalue weighted by Gasteiger charge is -2.31. The van der Waals surface area contributed by atoms with Gasteiger partial charge in [0.1, 0.15) is 17.7 Å². The Kier molecular flexibility index (Phi) is 4.34. The van der Waals surface area contributed by atoms with Gasteiger partial charge in [-0.1, -0.05) is 25.1 Å². The maximum absolute atomic E-state index is 13.1. The van der Waals surface area contributed by atoms with Crippen molar-refractivity contribution in [2.24, 2.45) is 5.92 Å². The molecule has 0 saturated carbocycles. The van der Waals surface area contributed by atoms with Gasteiger partial charge in [-0.2, -0.15) is 0 Å². The van der Waals surface area contributed by atoms with Gasteiger partial charge in [-0.15, -0.1) is 0 Å². The highest BCUT2D eigenvalue weighted by Crippen LogP contribution is 2.35. The predicted octanol–water partition coefficient (Wildman–Crippen LogP) is 3.55. The van der Waals surface area contributed by atoms with E-state index in [9.17, 15) is 14.0 Å². The minimum absolute atomic E-state index is 0.0954. The van der Waals surface area contributed by atoms with Crippen LogP contribution in [0.2, 0.25) is 0 Å². The summed E-state index contributed by atoms with van der Waals surface area (Å²) in [7, 11) is 0. The number of fused-ring (bicyclic) bond motifs is 1. The SMILES string of the molecule is CCC1=CC2C(=O)C(c3ccc(F)cc3)=COC2C=C1OC(C)=O. The van der Waals surface area contributed by atoms with Crippen molar-refractivity contribution in [3.63, 3.8) is 0 Å². The Morgan fingerprint density at radius 1 is 1.25 bits per heavy atom. The minimum atomic E-state index is -0.508. The molecule has 1 heterocycles. The third-order valence-electron chi connectivity index (χ3n) is 4.07. The molecule has 0 radical (unpaired) electrons. The molecule has 1 aliphatic heterocycles. The van der Waals surface area contributed by atoms with Gasteiger partial charge in [0.25, 0.3) is 0 Å².